The Labute approximate surface area is 155 Å². The molecule has 0 bridgehead atoms. The molecule has 0 amide bonds. The van der Waals surface area contributed by atoms with Crippen LogP contribution in [0.3, 0.4) is 0 Å². The molecule has 3 aromatic carbocycles. The van der Waals surface area contributed by atoms with Gasteiger partial charge in [0.1, 0.15) is 11.4 Å². The molecule has 0 saturated heterocycles. The SMILES string of the molecule is O=C1c2ccccc2C(=O)c2c1c1cc(O)ccc1n2Cc1ccccc1. The Bertz CT molecular complexity index is 1240. The van der Waals surface area contributed by atoms with Crippen molar-refractivity contribution >= 4 is 22.5 Å². The maximum absolute atomic E-state index is 13.3. The number of carbonyl (C=O) groups excluding carboxylic acids is 2. The van der Waals surface area contributed by atoms with Crippen molar-refractivity contribution in [2.24, 2.45) is 0 Å². The molecule has 4 nitrogen and oxygen atoms in total. The standard InChI is InChI=1S/C23H15NO3/c25-15-10-11-19-18(12-15)20-21(24(19)13-14-6-2-1-3-7-14)23(27)17-9-5-4-8-16(17)22(20)26/h1-12,25H,13H2. The molecule has 1 N–H and O–H groups in total. The summed E-state index contributed by atoms with van der Waals surface area (Å²) in [5.74, 6) is -0.268. The number of rotatable bonds is 2. The lowest BCUT2D eigenvalue weighted by Gasteiger charge is -2.17. The number of aromatic nitrogens is 1. The van der Waals surface area contributed by atoms with E-state index < -0.39 is 0 Å². The topological polar surface area (TPSA) is 59.3 Å². The van der Waals surface area contributed by atoms with Gasteiger partial charge in [0.15, 0.2) is 5.78 Å². The van der Waals surface area contributed by atoms with Crippen molar-refractivity contribution in [3.63, 3.8) is 0 Å². The van der Waals surface area contributed by atoms with E-state index in [9.17, 15) is 14.7 Å². The Hall–Kier alpha value is -3.66. The second kappa shape index (κ2) is 5.68. The molecular formula is C23H15NO3. The molecule has 0 spiro atoms. The van der Waals surface area contributed by atoms with Crippen LogP contribution < -0.4 is 0 Å². The van der Waals surface area contributed by atoms with Gasteiger partial charge < -0.3 is 9.67 Å². The highest BCUT2D eigenvalue weighted by atomic mass is 16.3. The zero-order chi connectivity index (χ0) is 18.5. The third-order valence-electron chi connectivity index (χ3n) is 5.09. The first-order chi connectivity index (χ1) is 13.1. The van der Waals surface area contributed by atoms with Crippen LogP contribution in [0.1, 0.15) is 37.5 Å². The number of nitrogens with zero attached hydrogens (tertiary/aromatic N) is 1. The summed E-state index contributed by atoms with van der Waals surface area (Å²) < 4.78 is 1.88. The molecule has 4 aromatic rings. The summed E-state index contributed by atoms with van der Waals surface area (Å²) in [6.45, 7) is 0.471. The molecule has 130 valence electrons. The smallest absolute Gasteiger partial charge is 0.210 e. The van der Waals surface area contributed by atoms with Crippen molar-refractivity contribution in [2.45, 2.75) is 6.54 Å². The predicted molar refractivity (Wildman–Crippen MR) is 102 cm³/mol. The highest BCUT2D eigenvalue weighted by Crippen LogP contribution is 2.36. The Kier molecular flexibility index (Phi) is 3.28. The van der Waals surface area contributed by atoms with Gasteiger partial charge in [-0.05, 0) is 23.8 Å². The number of carbonyl (C=O) groups is 2. The van der Waals surface area contributed by atoms with Crippen LogP contribution in [0.15, 0.2) is 72.8 Å². The van der Waals surface area contributed by atoms with Crippen molar-refractivity contribution in [3.8, 4) is 5.75 Å². The number of hydrogen-bond acceptors (Lipinski definition) is 3. The summed E-state index contributed by atoms with van der Waals surface area (Å²) in [6.07, 6.45) is 0. The zero-order valence-electron chi connectivity index (χ0n) is 14.3. The number of hydrogen-bond donors (Lipinski definition) is 1. The predicted octanol–water partition coefficient (Wildman–Crippen LogP) is 4.17. The van der Waals surface area contributed by atoms with Crippen molar-refractivity contribution in [3.05, 3.63) is 101 Å². The van der Waals surface area contributed by atoms with E-state index in [4.69, 9.17) is 0 Å². The van der Waals surface area contributed by atoms with Crippen LogP contribution in [0.25, 0.3) is 10.9 Å². The molecule has 0 fully saturated rings. The minimum atomic E-state index is -0.178. The fourth-order valence-corrected chi connectivity index (χ4v) is 3.88. The van der Waals surface area contributed by atoms with Crippen LogP contribution in [0.5, 0.6) is 5.75 Å². The molecule has 1 aliphatic carbocycles. The highest BCUT2D eigenvalue weighted by molar-refractivity contribution is 6.32. The van der Waals surface area contributed by atoms with Gasteiger partial charge in [0.05, 0.1) is 5.56 Å². The number of aromatic hydroxyl groups is 1. The molecule has 1 heterocycles. The van der Waals surface area contributed by atoms with Gasteiger partial charge in [0.25, 0.3) is 0 Å². The second-order valence-electron chi connectivity index (χ2n) is 6.70. The van der Waals surface area contributed by atoms with Crippen LogP contribution in [0.4, 0.5) is 0 Å². The number of phenols is 1. The van der Waals surface area contributed by atoms with Gasteiger partial charge in [-0.15, -0.1) is 0 Å². The van der Waals surface area contributed by atoms with Crippen molar-refractivity contribution in [2.75, 3.05) is 0 Å². The fourth-order valence-electron chi connectivity index (χ4n) is 3.88. The Morgan fingerprint density at radius 2 is 1.44 bits per heavy atom. The van der Waals surface area contributed by atoms with Crippen LogP contribution in [0, 0.1) is 0 Å². The number of fused-ring (bicyclic) bond motifs is 4. The van der Waals surface area contributed by atoms with E-state index in [0.29, 0.717) is 34.3 Å². The van der Waals surface area contributed by atoms with Gasteiger partial charge in [-0.25, -0.2) is 0 Å². The number of phenolic OH excluding ortho intramolecular Hbond substituents is 1. The van der Waals surface area contributed by atoms with Gasteiger partial charge in [0, 0.05) is 28.6 Å². The van der Waals surface area contributed by atoms with E-state index in [0.717, 1.165) is 11.1 Å². The minimum Gasteiger partial charge on any atom is -0.508 e. The normalized spacial score (nSPS) is 12.9. The average molecular weight is 353 g/mol. The molecule has 0 saturated carbocycles. The molecule has 0 unspecified atom stereocenters. The molecular weight excluding hydrogens is 338 g/mol. The van der Waals surface area contributed by atoms with Crippen molar-refractivity contribution in [1.29, 1.82) is 0 Å². The van der Waals surface area contributed by atoms with Crippen molar-refractivity contribution in [1.82, 2.24) is 4.57 Å². The first-order valence-electron chi connectivity index (χ1n) is 8.72. The highest BCUT2D eigenvalue weighted by Gasteiger charge is 2.35. The number of benzene rings is 3. The van der Waals surface area contributed by atoms with E-state index in [1.807, 2.05) is 34.9 Å². The van der Waals surface area contributed by atoms with E-state index in [1.54, 1.807) is 42.5 Å². The third-order valence-corrected chi connectivity index (χ3v) is 5.09. The minimum absolute atomic E-state index is 0.0706. The first kappa shape index (κ1) is 15.6. The molecule has 5 rings (SSSR count). The lowest BCUT2D eigenvalue weighted by atomic mass is 9.87. The average Bonchev–Trinajstić information content (AvgIpc) is 3.01. The van der Waals surface area contributed by atoms with Crippen LogP contribution in [-0.2, 0) is 6.54 Å². The summed E-state index contributed by atoms with van der Waals surface area (Å²) in [7, 11) is 0. The summed E-state index contributed by atoms with van der Waals surface area (Å²) in [5, 5.41) is 10.6. The Balaban J connectivity index is 1.84. The third kappa shape index (κ3) is 2.23. The Morgan fingerprint density at radius 3 is 2.19 bits per heavy atom. The fraction of sp³-hybridized carbons (Fsp3) is 0.0435. The molecule has 1 aliphatic rings. The largest absolute Gasteiger partial charge is 0.508 e. The molecule has 0 radical (unpaired) electrons. The second-order valence-corrected chi connectivity index (χ2v) is 6.70. The zero-order valence-corrected chi connectivity index (χ0v) is 14.3. The summed E-state index contributed by atoms with van der Waals surface area (Å²) in [6, 6.07) is 21.6. The maximum atomic E-state index is 13.3. The molecule has 1 aromatic heterocycles. The maximum Gasteiger partial charge on any atom is 0.210 e. The summed E-state index contributed by atoms with van der Waals surface area (Å²) in [4.78, 5) is 26.5. The Morgan fingerprint density at radius 1 is 0.778 bits per heavy atom. The van der Waals surface area contributed by atoms with Crippen LogP contribution in [0.2, 0.25) is 0 Å². The van der Waals surface area contributed by atoms with Gasteiger partial charge >= 0.3 is 0 Å². The van der Waals surface area contributed by atoms with E-state index in [1.165, 1.54) is 0 Å². The lowest BCUT2D eigenvalue weighted by Crippen LogP contribution is -2.23. The summed E-state index contributed by atoms with van der Waals surface area (Å²) in [5.41, 5.74) is 3.40. The van der Waals surface area contributed by atoms with E-state index in [-0.39, 0.29) is 17.3 Å². The van der Waals surface area contributed by atoms with Gasteiger partial charge in [0.2, 0.25) is 5.78 Å². The lowest BCUT2D eigenvalue weighted by molar-refractivity contribution is 0.0974. The summed E-state index contributed by atoms with van der Waals surface area (Å²) >= 11 is 0. The molecule has 27 heavy (non-hydrogen) atoms. The van der Waals surface area contributed by atoms with Crippen molar-refractivity contribution < 1.29 is 14.7 Å². The molecule has 0 atom stereocenters. The van der Waals surface area contributed by atoms with E-state index in [2.05, 4.69) is 0 Å². The van der Waals surface area contributed by atoms with Gasteiger partial charge in [-0.2, -0.15) is 0 Å². The van der Waals surface area contributed by atoms with Crippen LogP contribution in [-0.4, -0.2) is 21.2 Å². The number of ketones is 2. The first-order valence-corrected chi connectivity index (χ1v) is 8.72. The van der Waals surface area contributed by atoms with Crippen LogP contribution >= 0.6 is 0 Å². The quantitative estimate of drug-likeness (QED) is 0.518. The monoisotopic (exact) mass is 353 g/mol. The van der Waals surface area contributed by atoms with Gasteiger partial charge in [-0.3, -0.25) is 9.59 Å². The van der Waals surface area contributed by atoms with Gasteiger partial charge in [-0.1, -0.05) is 54.6 Å². The molecule has 4 heteroatoms. The molecule has 0 aliphatic heterocycles. The van der Waals surface area contributed by atoms with E-state index >= 15 is 0 Å².